The fourth-order valence-electron chi connectivity index (χ4n) is 1.37. The molecule has 5 heteroatoms. The van der Waals surface area contributed by atoms with Gasteiger partial charge in [0.1, 0.15) is 0 Å². The van der Waals surface area contributed by atoms with E-state index in [1.807, 2.05) is 19.3 Å². The minimum absolute atomic E-state index is 0.146. The van der Waals surface area contributed by atoms with E-state index in [1.54, 1.807) is 0 Å². The Bertz CT molecular complexity index is 298. The molecule has 1 aromatic rings. The van der Waals surface area contributed by atoms with Gasteiger partial charge in [0, 0.05) is 37.1 Å². The van der Waals surface area contributed by atoms with E-state index < -0.39 is 0 Å². The Kier molecular flexibility index (Phi) is 6.50. The van der Waals surface area contributed by atoms with E-state index in [-0.39, 0.29) is 12.6 Å². The van der Waals surface area contributed by atoms with Crippen molar-refractivity contribution >= 4 is 5.95 Å². The molecule has 0 aliphatic carbocycles. The summed E-state index contributed by atoms with van der Waals surface area (Å²) < 4.78 is 0. The first-order chi connectivity index (χ1) is 8.30. The zero-order valence-corrected chi connectivity index (χ0v) is 10.6. The molecule has 0 saturated heterocycles. The molecule has 3 N–H and O–H groups in total. The molecule has 1 heterocycles. The highest BCUT2D eigenvalue weighted by Crippen LogP contribution is 2.01. The first kappa shape index (κ1) is 13.9. The third-order valence-electron chi connectivity index (χ3n) is 2.55. The largest absolute Gasteiger partial charge is 0.395 e. The minimum Gasteiger partial charge on any atom is -0.395 e. The maximum atomic E-state index is 9.04. The molecule has 1 aromatic heterocycles. The van der Waals surface area contributed by atoms with Crippen LogP contribution in [0.4, 0.5) is 5.95 Å². The van der Waals surface area contributed by atoms with E-state index in [4.69, 9.17) is 5.11 Å². The normalized spacial score (nSPS) is 12.4. The van der Waals surface area contributed by atoms with Crippen LogP contribution in [0.25, 0.3) is 0 Å². The minimum atomic E-state index is 0.146. The summed E-state index contributed by atoms with van der Waals surface area (Å²) in [4.78, 5) is 8.44. The molecule has 0 radical (unpaired) electrons. The number of nitrogens with zero attached hydrogens (tertiary/aromatic N) is 2. The van der Waals surface area contributed by atoms with Crippen LogP contribution >= 0.6 is 0 Å². The fourth-order valence-corrected chi connectivity index (χ4v) is 1.37. The summed E-state index contributed by atoms with van der Waals surface area (Å²) in [5, 5.41) is 15.4. The van der Waals surface area contributed by atoms with Crippen molar-refractivity contribution in [3.63, 3.8) is 0 Å². The number of aliphatic hydroxyl groups excluding tert-OH is 1. The van der Waals surface area contributed by atoms with Crippen molar-refractivity contribution in [3.8, 4) is 0 Å². The number of aromatic nitrogens is 2. The fraction of sp³-hybridized carbons (Fsp3) is 0.667. The summed E-state index contributed by atoms with van der Waals surface area (Å²) in [6.45, 7) is 5.88. The van der Waals surface area contributed by atoms with E-state index >= 15 is 0 Å². The third kappa shape index (κ3) is 5.10. The SMILES string of the molecule is CCCNc1ncc(CN[C@@H](CC)CO)cn1. The van der Waals surface area contributed by atoms with Gasteiger partial charge in [-0.2, -0.15) is 0 Å². The van der Waals surface area contributed by atoms with Crippen LogP contribution in [-0.2, 0) is 6.54 Å². The van der Waals surface area contributed by atoms with Crippen molar-refractivity contribution < 1.29 is 5.11 Å². The molecule has 0 aromatic carbocycles. The molecule has 1 atom stereocenters. The summed E-state index contributed by atoms with van der Waals surface area (Å²) in [6.07, 6.45) is 5.58. The van der Waals surface area contributed by atoms with Crippen molar-refractivity contribution in [1.29, 1.82) is 0 Å². The highest BCUT2D eigenvalue weighted by molar-refractivity contribution is 5.24. The average molecular weight is 238 g/mol. The van der Waals surface area contributed by atoms with Gasteiger partial charge in [0.15, 0.2) is 0 Å². The lowest BCUT2D eigenvalue weighted by Crippen LogP contribution is -2.31. The first-order valence-electron chi connectivity index (χ1n) is 6.19. The topological polar surface area (TPSA) is 70.1 Å². The van der Waals surface area contributed by atoms with Crippen molar-refractivity contribution in [1.82, 2.24) is 15.3 Å². The van der Waals surface area contributed by atoms with Crippen LogP contribution in [0.15, 0.2) is 12.4 Å². The molecular formula is C12H22N4O. The van der Waals surface area contributed by atoms with Gasteiger partial charge in [0.2, 0.25) is 5.95 Å². The Morgan fingerprint density at radius 3 is 2.53 bits per heavy atom. The molecule has 0 saturated carbocycles. The molecule has 17 heavy (non-hydrogen) atoms. The van der Waals surface area contributed by atoms with E-state index in [0.29, 0.717) is 12.5 Å². The summed E-state index contributed by atoms with van der Waals surface area (Å²) in [6, 6.07) is 0.146. The molecule has 1 rings (SSSR count). The third-order valence-corrected chi connectivity index (χ3v) is 2.55. The Morgan fingerprint density at radius 1 is 1.29 bits per heavy atom. The van der Waals surface area contributed by atoms with Crippen molar-refractivity contribution in [2.24, 2.45) is 0 Å². The van der Waals surface area contributed by atoms with Gasteiger partial charge < -0.3 is 15.7 Å². The average Bonchev–Trinajstić information content (AvgIpc) is 2.39. The summed E-state index contributed by atoms with van der Waals surface area (Å²) in [7, 11) is 0. The molecule has 0 aliphatic rings. The van der Waals surface area contributed by atoms with Gasteiger partial charge in [0.25, 0.3) is 0 Å². The number of nitrogens with one attached hydrogen (secondary N) is 2. The van der Waals surface area contributed by atoms with Crippen LogP contribution in [0.1, 0.15) is 32.3 Å². The summed E-state index contributed by atoms with van der Waals surface area (Å²) in [5.41, 5.74) is 1.03. The number of rotatable bonds is 8. The molecule has 0 fully saturated rings. The summed E-state index contributed by atoms with van der Waals surface area (Å²) >= 11 is 0. The van der Waals surface area contributed by atoms with Gasteiger partial charge in [-0.15, -0.1) is 0 Å². The van der Waals surface area contributed by atoms with E-state index in [9.17, 15) is 0 Å². The van der Waals surface area contributed by atoms with Gasteiger partial charge >= 0.3 is 0 Å². The lowest BCUT2D eigenvalue weighted by molar-refractivity contribution is 0.238. The molecule has 0 unspecified atom stereocenters. The molecule has 96 valence electrons. The van der Waals surface area contributed by atoms with Gasteiger partial charge in [-0.1, -0.05) is 13.8 Å². The Hall–Kier alpha value is -1.20. The van der Waals surface area contributed by atoms with Crippen LogP contribution in [0.3, 0.4) is 0 Å². The number of aliphatic hydroxyl groups is 1. The quantitative estimate of drug-likeness (QED) is 0.634. The van der Waals surface area contributed by atoms with Crippen LogP contribution in [-0.4, -0.2) is 34.3 Å². The van der Waals surface area contributed by atoms with E-state index in [2.05, 4.69) is 27.5 Å². The molecule has 0 spiro atoms. The van der Waals surface area contributed by atoms with E-state index in [0.717, 1.165) is 24.9 Å². The maximum Gasteiger partial charge on any atom is 0.222 e. The molecule has 0 amide bonds. The predicted molar refractivity (Wildman–Crippen MR) is 68.8 cm³/mol. The molecule has 0 aliphatic heterocycles. The standard InChI is InChI=1S/C12H22N4O/c1-3-5-13-12-15-7-10(8-16-12)6-14-11(4-2)9-17/h7-8,11,14,17H,3-6,9H2,1-2H3,(H,13,15,16)/t11-/m0/s1. The van der Waals surface area contributed by atoms with Crippen LogP contribution in [0.5, 0.6) is 0 Å². The zero-order chi connectivity index (χ0) is 12.5. The molecule has 5 nitrogen and oxygen atoms in total. The van der Waals surface area contributed by atoms with Crippen LogP contribution in [0, 0.1) is 0 Å². The van der Waals surface area contributed by atoms with Gasteiger partial charge in [-0.3, -0.25) is 0 Å². The smallest absolute Gasteiger partial charge is 0.222 e. The number of hydrogen-bond acceptors (Lipinski definition) is 5. The van der Waals surface area contributed by atoms with Gasteiger partial charge in [0.05, 0.1) is 6.61 Å². The second-order valence-electron chi connectivity index (χ2n) is 4.01. The Morgan fingerprint density at radius 2 is 2.00 bits per heavy atom. The molecule has 0 bridgehead atoms. The lowest BCUT2D eigenvalue weighted by atomic mass is 10.2. The number of anilines is 1. The highest BCUT2D eigenvalue weighted by atomic mass is 16.3. The zero-order valence-electron chi connectivity index (χ0n) is 10.6. The molecular weight excluding hydrogens is 216 g/mol. The van der Waals surface area contributed by atoms with E-state index in [1.165, 1.54) is 0 Å². The second kappa shape index (κ2) is 7.97. The van der Waals surface area contributed by atoms with Crippen LogP contribution in [0.2, 0.25) is 0 Å². The Labute approximate surface area is 103 Å². The highest BCUT2D eigenvalue weighted by Gasteiger charge is 2.03. The van der Waals surface area contributed by atoms with Crippen molar-refractivity contribution in [2.45, 2.75) is 39.3 Å². The van der Waals surface area contributed by atoms with Gasteiger partial charge in [-0.25, -0.2) is 9.97 Å². The first-order valence-corrected chi connectivity index (χ1v) is 6.19. The van der Waals surface area contributed by atoms with Crippen molar-refractivity contribution in [3.05, 3.63) is 18.0 Å². The second-order valence-corrected chi connectivity index (χ2v) is 4.01. The Balaban J connectivity index is 2.39. The summed E-state index contributed by atoms with van der Waals surface area (Å²) in [5.74, 6) is 0.671. The predicted octanol–water partition coefficient (Wildman–Crippen LogP) is 1.16. The van der Waals surface area contributed by atoms with Gasteiger partial charge in [-0.05, 0) is 12.8 Å². The lowest BCUT2D eigenvalue weighted by Gasteiger charge is -2.13. The van der Waals surface area contributed by atoms with Crippen LogP contribution < -0.4 is 10.6 Å². The monoisotopic (exact) mass is 238 g/mol. The maximum absolute atomic E-state index is 9.04. The number of hydrogen-bond donors (Lipinski definition) is 3. The van der Waals surface area contributed by atoms with Crippen molar-refractivity contribution in [2.75, 3.05) is 18.5 Å².